The van der Waals surface area contributed by atoms with Crippen LogP contribution in [-0.2, 0) is 9.59 Å². The minimum Gasteiger partial charge on any atom is -0.326 e. The number of hydrogen-bond donors (Lipinski definition) is 2. The van der Waals surface area contributed by atoms with Gasteiger partial charge in [-0.25, -0.2) is 9.67 Å². The molecule has 0 spiro atoms. The summed E-state index contributed by atoms with van der Waals surface area (Å²) in [6.07, 6.45) is 3.33. The lowest BCUT2D eigenvalue weighted by atomic mass is 9.92. The number of anilines is 2. The van der Waals surface area contributed by atoms with Gasteiger partial charge in [0.05, 0.1) is 0 Å². The molecule has 2 rings (SSSR count). The zero-order valence-electron chi connectivity index (χ0n) is 14.4. The molecule has 0 aliphatic heterocycles. The second kappa shape index (κ2) is 7.25. The number of nitrogens with zero attached hydrogens (tertiary/aromatic N) is 3. The van der Waals surface area contributed by atoms with Crippen molar-refractivity contribution in [2.24, 2.45) is 5.41 Å². The summed E-state index contributed by atoms with van der Waals surface area (Å²) in [5.74, 6) is -0.218. The van der Waals surface area contributed by atoms with Gasteiger partial charge in [0.15, 0.2) is 0 Å². The number of carbonyl (C=O) groups is 2. The predicted molar refractivity (Wildman–Crippen MR) is 92.5 cm³/mol. The fourth-order valence-electron chi connectivity index (χ4n) is 2.11. The third-order valence-corrected chi connectivity index (χ3v) is 3.34. The molecule has 1 aromatic heterocycles. The van der Waals surface area contributed by atoms with E-state index in [9.17, 15) is 9.59 Å². The van der Waals surface area contributed by atoms with E-state index in [0.29, 0.717) is 17.8 Å². The Morgan fingerprint density at radius 2 is 1.71 bits per heavy atom. The average Bonchev–Trinajstić information content (AvgIpc) is 3.00. The van der Waals surface area contributed by atoms with Crippen molar-refractivity contribution >= 4 is 23.2 Å². The zero-order valence-corrected chi connectivity index (χ0v) is 14.4. The van der Waals surface area contributed by atoms with Crippen molar-refractivity contribution in [1.29, 1.82) is 0 Å². The highest BCUT2D eigenvalue weighted by atomic mass is 16.2. The van der Waals surface area contributed by atoms with Crippen LogP contribution in [0.25, 0.3) is 0 Å². The third-order valence-electron chi connectivity index (χ3n) is 3.34. The van der Waals surface area contributed by atoms with Crippen LogP contribution in [0.5, 0.6) is 0 Å². The van der Waals surface area contributed by atoms with Crippen LogP contribution in [-0.4, -0.2) is 26.6 Å². The molecule has 7 nitrogen and oxygen atoms in total. The largest absolute Gasteiger partial charge is 0.326 e. The van der Waals surface area contributed by atoms with Gasteiger partial charge in [-0.15, -0.1) is 0 Å². The van der Waals surface area contributed by atoms with Gasteiger partial charge in [-0.1, -0.05) is 20.8 Å². The first-order chi connectivity index (χ1) is 11.2. The van der Waals surface area contributed by atoms with Gasteiger partial charge >= 0.3 is 0 Å². The fourth-order valence-corrected chi connectivity index (χ4v) is 2.11. The van der Waals surface area contributed by atoms with Gasteiger partial charge in [-0.2, -0.15) is 5.10 Å². The van der Waals surface area contributed by atoms with Crippen LogP contribution < -0.4 is 10.6 Å². The molecule has 1 aromatic carbocycles. The summed E-state index contributed by atoms with van der Waals surface area (Å²) in [5, 5.41) is 9.61. The van der Waals surface area contributed by atoms with E-state index in [1.54, 1.807) is 31.2 Å². The molecule has 1 unspecified atom stereocenters. The Morgan fingerprint density at radius 3 is 2.21 bits per heavy atom. The van der Waals surface area contributed by atoms with E-state index in [0.717, 1.165) is 0 Å². The van der Waals surface area contributed by atoms with E-state index >= 15 is 0 Å². The van der Waals surface area contributed by atoms with Crippen molar-refractivity contribution in [2.75, 3.05) is 10.6 Å². The number of nitrogens with one attached hydrogen (secondary N) is 2. The smallest absolute Gasteiger partial charge is 0.249 e. The molecular weight excluding hydrogens is 306 g/mol. The molecule has 0 bridgehead atoms. The fraction of sp³-hybridized carbons (Fsp3) is 0.412. The van der Waals surface area contributed by atoms with Crippen LogP contribution in [0.1, 0.15) is 40.2 Å². The summed E-state index contributed by atoms with van der Waals surface area (Å²) in [4.78, 5) is 27.9. The van der Waals surface area contributed by atoms with Crippen molar-refractivity contribution in [3.8, 4) is 0 Å². The summed E-state index contributed by atoms with van der Waals surface area (Å²) in [7, 11) is 0. The van der Waals surface area contributed by atoms with Crippen LogP contribution in [0.2, 0.25) is 0 Å². The normalized spacial score (nSPS) is 12.5. The first kappa shape index (κ1) is 17.7. The molecule has 0 saturated carbocycles. The average molecular weight is 329 g/mol. The first-order valence-corrected chi connectivity index (χ1v) is 7.79. The van der Waals surface area contributed by atoms with Gasteiger partial charge in [0.25, 0.3) is 0 Å². The molecule has 7 heteroatoms. The Bertz CT molecular complexity index is 687. The van der Waals surface area contributed by atoms with E-state index in [4.69, 9.17) is 0 Å². The molecule has 1 heterocycles. The van der Waals surface area contributed by atoms with Crippen LogP contribution in [0.15, 0.2) is 36.9 Å². The van der Waals surface area contributed by atoms with Gasteiger partial charge in [-0.3, -0.25) is 9.59 Å². The van der Waals surface area contributed by atoms with Gasteiger partial charge in [0.2, 0.25) is 11.8 Å². The minimum atomic E-state index is -0.460. The number of hydrogen-bond acceptors (Lipinski definition) is 4. The Balaban J connectivity index is 1.92. The molecule has 0 radical (unpaired) electrons. The van der Waals surface area contributed by atoms with Crippen LogP contribution in [0.4, 0.5) is 11.4 Å². The lowest BCUT2D eigenvalue weighted by molar-refractivity contribution is -0.119. The number of carbonyl (C=O) groups excluding carboxylic acids is 2. The minimum absolute atomic E-state index is 0.0286. The molecule has 2 N–H and O–H groups in total. The van der Waals surface area contributed by atoms with Crippen molar-refractivity contribution < 1.29 is 9.59 Å². The maximum atomic E-state index is 12.2. The standard InChI is InChI=1S/C17H23N5O2/c1-12(22-11-18-10-19-22)16(24)21-14-7-5-13(6-8-14)20-15(23)9-17(2,3)4/h5-8,10-12H,9H2,1-4H3,(H,20,23)(H,21,24). The van der Waals surface area contributed by atoms with Crippen LogP contribution in [0, 0.1) is 5.41 Å². The lowest BCUT2D eigenvalue weighted by Crippen LogP contribution is -2.24. The molecule has 0 saturated heterocycles. The van der Waals surface area contributed by atoms with E-state index in [2.05, 4.69) is 20.7 Å². The molecule has 2 amide bonds. The highest BCUT2D eigenvalue weighted by Crippen LogP contribution is 2.20. The Labute approximate surface area is 141 Å². The van der Waals surface area contributed by atoms with E-state index in [1.165, 1.54) is 17.3 Å². The quantitative estimate of drug-likeness (QED) is 0.883. The molecule has 0 aliphatic rings. The van der Waals surface area contributed by atoms with Crippen LogP contribution in [0.3, 0.4) is 0 Å². The van der Waals surface area contributed by atoms with Gasteiger partial charge in [0.1, 0.15) is 18.7 Å². The molecule has 1 atom stereocenters. The Kier molecular flexibility index (Phi) is 5.33. The van der Waals surface area contributed by atoms with Gasteiger partial charge in [0, 0.05) is 17.8 Å². The SMILES string of the molecule is CC(C(=O)Nc1ccc(NC(=O)CC(C)(C)C)cc1)n1cncn1. The van der Waals surface area contributed by atoms with Crippen LogP contribution >= 0.6 is 0 Å². The molecule has 0 aliphatic carbocycles. The number of aromatic nitrogens is 3. The second-order valence-electron chi connectivity index (χ2n) is 6.90. The maximum Gasteiger partial charge on any atom is 0.249 e. The first-order valence-electron chi connectivity index (χ1n) is 7.79. The summed E-state index contributed by atoms with van der Waals surface area (Å²) >= 11 is 0. The molecular formula is C17H23N5O2. The molecule has 128 valence electrons. The lowest BCUT2D eigenvalue weighted by Gasteiger charge is -2.17. The van der Waals surface area contributed by atoms with Crippen molar-refractivity contribution in [3.63, 3.8) is 0 Å². The highest BCUT2D eigenvalue weighted by molar-refractivity contribution is 5.94. The van der Waals surface area contributed by atoms with Gasteiger partial charge in [-0.05, 0) is 36.6 Å². The molecule has 2 aromatic rings. The third kappa shape index (κ3) is 5.19. The summed E-state index contributed by atoms with van der Waals surface area (Å²) in [6.45, 7) is 7.79. The summed E-state index contributed by atoms with van der Waals surface area (Å²) in [5.41, 5.74) is 1.29. The topological polar surface area (TPSA) is 88.9 Å². The monoisotopic (exact) mass is 329 g/mol. The number of rotatable bonds is 5. The number of benzene rings is 1. The second-order valence-corrected chi connectivity index (χ2v) is 6.90. The Morgan fingerprint density at radius 1 is 1.12 bits per heavy atom. The van der Waals surface area contributed by atoms with E-state index in [1.807, 2.05) is 20.8 Å². The molecule has 24 heavy (non-hydrogen) atoms. The van der Waals surface area contributed by atoms with Crippen molar-refractivity contribution in [2.45, 2.75) is 40.2 Å². The molecule has 0 fully saturated rings. The summed E-state index contributed by atoms with van der Waals surface area (Å²) < 4.78 is 1.48. The highest BCUT2D eigenvalue weighted by Gasteiger charge is 2.17. The van der Waals surface area contributed by atoms with Crippen molar-refractivity contribution in [3.05, 3.63) is 36.9 Å². The van der Waals surface area contributed by atoms with Crippen molar-refractivity contribution in [1.82, 2.24) is 14.8 Å². The number of amides is 2. The zero-order chi connectivity index (χ0) is 17.7. The maximum absolute atomic E-state index is 12.2. The predicted octanol–water partition coefficient (Wildman–Crippen LogP) is 2.85. The van der Waals surface area contributed by atoms with E-state index < -0.39 is 6.04 Å². The van der Waals surface area contributed by atoms with E-state index in [-0.39, 0.29) is 17.2 Å². The Hall–Kier alpha value is -2.70. The summed E-state index contributed by atoms with van der Waals surface area (Å²) in [6, 6.07) is 6.56. The van der Waals surface area contributed by atoms with Gasteiger partial charge < -0.3 is 10.6 Å².